The van der Waals surface area contributed by atoms with Gasteiger partial charge in [0.15, 0.2) is 0 Å². The first-order valence-electron chi connectivity index (χ1n) is 3.16. The highest BCUT2D eigenvalue weighted by molar-refractivity contribution is 5.25. The fourth-order valence-corrected chi connectivity index (χ4v) is 0.474. The van der Waals surface area contributed by atoms with Gasteiger partial charge in [0.1, 0.15) is 0 Å². The predicted molar refractivity (Wildman–Crippen MR) is 38.5 cm³/mol. The topological polar surface area (TPSA) is 12.4 Å². The Kier molecular flexibility index (Phi) is 2.74. The molecular formula is C7H15N. The Morgan fingerprint density at radius 2 is 1.75 bits per heavy atom. The second-order valence-corrected chi connectivity index (χ2v) is 2.36. The molecule has 0 spiro atoms. The van der Waals surface area contributed by atoms with Gasteiger partial charge in [-0.05, 0) is 26.5 Å². The zero-order valence-electron chi connectivity index (χ0n) is 6.07. The van der Waals surface area contributed by atoms with Gasteiger partial charge < -0.3 is 0 Å². The molecule has 0 aliphatic carbocycles. The smallest absolute Gasteiger partial charge is 0.0567 e. The summed E-state index contributed by atoms with van der Waals surface area (Å²) in [5.41, 5.74) is 0.139. The van der Waals surface area contributed by atoms with Crippen molar-refractivity contribution < 1.29 is 0 Å². The van der Waals surface area contributed by atoms with Crippen LogP contribution in [0.2, 0.25) is 0 Å². The van der Waals surface area contributed by atoms with Crippen LogP contribution in [0, 0.1) is 0 Å². The summed E-state index contributed by atoms with van der Waals surface area (Å²) >= 11 is 0. The van der Waals surface area contributed by atoms with Crippen molar-refractivity contribution in [2.45, 2.75) is 39.2 Å². The van der Waals surface area contributed by atoms with Gasteiger partial charge in [-0.25, -0.2) is 0 Å². The second-order valence-electron chi connectivity index (χ2n) is 2.36. The Balaban J connectivity index is 3.76. The van der Waals surface area contributed by atoms with Crippen LogP contribution < -0.4 is 0 Å². The third-order valence-corrected chi connectivity index (χ3v) is 1.91. The highest BCUT2D eigenvalue weighted by Crippen LogP contribution is 2.17. The summed E-state index contributed by atoms with van der Waals surface area (Å²) in [5, 5.41) is 0. The van der Waals surface area contributed by atoms with Crippen molar-refractivity contribution in [3.63, 3.8) is 0 Å². The highest BCUT2D eigenvalue weighted by Gasteiger charge is 2.14. The second kappa shape index (κ2) is 2.85. The molecule has 0 heterocycles. The lowest BCUT2D eigenvalue weighted by Crippen LogP contribution is -2.17. The molecule has 8 heavy (non-hydrogen) atoms. The Hall–Kier alpha value is -0.330. The minimum atomic E-state index is 0.139. The molecule has 0 aliphatic heterocycles. The number of hydrogen-bond donors (Lipinski definition) is 0. The first-order chi connectivity index (χ1) is 3.68. The Bertz CT molecular complexity index is 72.5. The molecule has 0 amide bonds. The summed E-state index contributed by atoms with van der Waals surface area (Å²) in [6.07, 6.45) is 2.18. The maximum atomic E-state index is 4.01. The monoisotopic (exact) mass is 113 g/mol. The molecule has 0 aromatic rings. The summed E-state index contributed by atoms with van der Waals surface area (Å²) in [5.74, 6) is 0. The number of aliphatic imine (C=N–C) groups is 1. The van der Waals surface area contributed by atoms with Crippen LogP contribution in [0.5, 0.6) is 0 Å². The SMILES string of the molecule is C=NC(C)(CC)CC. The van der Waals surface area contributed by atoms with Crippen molar-refractivity contribution in [3.8, 4) is 0 Å². The van der Waals surface area contributed by atoms with Crippen LogP contribution in [0.15, 0.2) is 4.99 Å². The molecule has 0 bridgehead atoms. The van der Waals surface area contributed by atoms with E-state index in [0.29, 0.717) is 0 Å². The Labute approximate surface area is 51.8 Å². The van der Waals surface area contributed by atoms with E-state index in [1.165, 1.54) is 0 Å². The van der Waals surface area contributed by atoms with Crippen molar-refractivity contribution >= 4 is 6.72 Å². The standard InChI is InChI=1S/C7H15N/c1-5-7(3,6-2)8-4/h4-6H2,1-3H3. The van der Waals surface area contributed by atoms with Crippen LogP contribution in [0.3, 0.4) is 0 Å². The summed E-state index contributed by atoms with van der Waals surface area (Å²) in [6.45, 7) is 9.92. The molecule has 1 heteroatoms. The normalized spacial score (nSPS) is 11.4. The third-order valence-electron chi connectivity index (χ3n) is 1.91. The van der Waals surface area contributed by atoms with Gasteiger partial charge in [0.2, 0.25) is 0 Å². The predicted octanol–water partition coefficient (Wildman–Crippen LogP) is 2.27. The van der Waals surface area contributed by atoms with Crippen molar-refractivity contribution in [2.24, 2.45) is 4.99 Å². The molecule has 0 saturated carbocycles. The quantitative estimate of drug-likeness (QED) is 0.498. The molecular weight excluding hydrogens is 98.1 g/mol. The van der Waals surface area contributed by atoms with Gasteiger partial charge in [-0.2, -0.15) is 0 Å². The maximum absolute atomic E-state index is 4.01. The summed E-state index contributed by atoms with van der Waals surface area (Å²) in [7, 11) is 0. The first kappa shape index (κ1) is 7.67. The minimum absolute atomic E-state index is 0.139. The van der Waals surface area contributed by atoms with Crippen LogP contribution >= 0.6 is 0 Å². The lowest BCUT2D eigenvalue weighted by Gasteiger charge is -2.19. The molecule has 0 radical (unpaired) electrons. The average Bonchev–Trinajstić information content (AvgIpc) is 1.87. The molecule has 48 valence electrons. The lowest BCUT2D eigenvalue weighted by atomic mass is 9.97. The highest BCUT2D eigenvalue weighted by atomic mass is 14.8. The average molecular weight is 113 g/mol. The van der Waals surface area contributed by atoms with Crippen molar-refractivity contribution in [1.29, 1.82) is 0 Å². The molecule has 0 aliphatic rings. The summed E-state index contributed by atoms with van der Waals surface area (Å²) in [4.78, 5) is 4.01. The van der Waals surface area contributed by atoms with Crippen molar-refractivity contribution in [1.82, 2.24) is 0 Å². The van der Waals surface area contributed by atoms with E-state index in [9.17, 15) is 0 Å². The van der Waals surface area contributed by atoms with Crippen LogP contribution in [-0.2, 0) is 0 Å². The summed E-state index contributed by atoms with van der Waals surface area (Å²) < 4.78 is 0. The van der Waals surface area contributed by atoms with Gasteiger partial charge in [-0.15, -0.1) is 0 Å². The molecule has 0 saturated heterocycles. The molecule has 0 aromatic heterocycles. The van der Waals surface area contributed by atoms with E-state index in [1.54, 1.807) is 0 Å². The first-order valence-corrected chi connectivity index (χ1v) is 3.16. The fraction of sp³-hybridized carbons (Fsp3) is 0.857. The molecule has 0 atom stereocenters. The van der Waals surface area contributed by atoms with Gasteiger partial charge >= 0.3 is 0 Å². The van der Waals surface area contributed by atoms with Crippen LogP contribution in [0.4, 0.5) is 0 Å². The Morgan fingerprint density at radius 1 is 1.38 bits per heavy atom. The molecule has 0 unspecified atom stereocenters. The van der Waals surface area contributed by atoms with Crippen LogP contribution in [-0.4, -0.2) is 12.3 Å². The Morgan fingerprint density at radius 3 is 1.75 bits per heavy atom. The van der Waals surface area contributed by atoms with Gasteiger partial charge in [0, 0.05) is 0 Å². The molecule has 0 rings (SSSR count). The third kappa shape index (κ3) is 1.65. The van der Waals surface area contributed by atoms with Gasteiger partial charge in [0.05, 0.1) is 5.54 Å². The number of hydrogen-bond acceptors (Lipinski definition) is 1. The van der Waals surface area contributed by atoms with Crippen molar-refractivity contribution in [3.05, 3.63) is 0 Å². The fourth-order valence-electron chi connectivity index (χ4n) is 0.474. The van der Waals surface area contributed by atoms with Gasteiger partial charge in [-0.1, -0.05) is 13.8 Å². The van der Waals surface area contributed by atoms with E-state index in [2.05, 4.69) is 32.5 Å². The minimum Gasteiger partial charge on any atom is -0.295 e. The zero-order chi connectivity index (χ0) is 6.62. The van der Waals surface area contributed by atoms with E-state index in [1.807, 2.05) is 0 Å². The zero-order valence-corrected chi connectivity index (χ0v) is 6.07. The van der Waals surface area contributed by atoms with Crippen LogP contribution in [0.25, 0.3) is 0 Å². The number of rotatable bonds is 3. The van der Waals surface area contributed by atoms with Crippen LogP contribution in [0.1, 0.15) is 33.6 Å². The van der Waals surface area contributed by atoms with E-state index < -0.39 is 0 Å². The van der Waals surface area contributed by atoms with E-state index in [4.69, 9.17) is 0 Å². The summed E-state index contributed by atoms with van der Waals surface area (Å²) in [6, 6.07) is 0. The molecule has 1 nitrogen and oxygen atoms in total. The van der Waals surface area contributed by atoms with Gasteiger partial charge in [-0.3, -0.25) is 4.99 Å². The number of nitrogens with zero attached hydrogens (tertiary/aromatic N) is 1. The maximum Gasteiger partial charge on any atom is 0.0567 e. The lowest BCUT2D eigenvalue weighted by molar-refractivity contribution is 0.444. The van der Waals surface area contributed by atoms with Gasteiger partial charge in [0.25, 0.3) is 0 Å². The van der Waals surface area contributed by atoms with Crippen molar-refractivity contribution in [2.75, 3.05) is 0 Å². The molecule has 0 fully saturated rings. The van der Waals surface area contributed by atoms with E-state index in [0.717, 1.165) is 12.8 Å². The van der Waals surface area contributed by atoms with E-state index >= 15 is 0 Å². The molecule has 0 aromatic carbocycles. The largest absolute Gasteiger partial charge is 0.295 e. The van der Waals surface area contributed by atoms with E-state index in [-0.39, 0.29) is 5.54 Å². The molecule has 0 N–H and O–H groups in total.